The van der Waals surface area contributed by atoms with Crippen molar-refractivity contribution in [2.24, 2.45) is 0 Å². The summed E-state index contributed by atoms with van der Waals surface area (Å²) in [5.74, 6) is -0.159. The molecular formula is C24H40N6O2. The van der Waals surface area contributed by atoms with Crippen LogP contribution >= 0.6 is 0 Å². The van der Waals surface area contributed by atoms with Gasteiger partial charge in [-0.05, 0) is 69.2 Å². The van der Waals surface area contributed by atoms with Gasteiger partial charge in [-0.1, -0.05) is 0 Å². The first kappa shape index (κ1) is 25.6. The van der Waals surface area contributed by atoms with Crippen LogP contribution in [0.3, 0.4) is 0 Å². The molecule has 0 saturated carbocycles. The second kappa shape index (κ2) is 8.71. The van der Waals surface area contributed by atoms with Crippen molar-refractivity contribution in [2.75, 3.05) is 27.2 Å². The standard InChI is InChI=1S/C24H40N6O2/c1-15-19(17(3)29(25-15)23(5,6)7)21(31)27(11)13-14-28(12)22(32)20-16(2)26-30(18(20)4)24(8,9)10/h13-14H2,1-12H3. The zero-order valence-corrected chi connectivity index (χ0v) is 21.9. The molecule has 0 aromatic carbocycles. The van der Waals surface area contributed by atoms with E-state index < -0.39 is 0 Å². The number of likely N-dealkylation sites (N-methyl/N-ethyl adjacent to an activating group) is 2. The van der Waals surface area contributed by atoms with Gasteiger partial charge in [-0.15, -0.1) is 0 Å². The Morgan fingerprint density at radius 3 is 1.19 bits per heavy atom. The number of hydrogen-bond acceptors (Lipinski definition) is 4. The number of aryl methyl sites for hydroxylation is 2. The van der Waals surface area contributed by atoms with E-state index in [1.54, 1.807) is 23.9 Å². The minimum absolute atomic E-state index is 0.0794. The van der Waals surface area contributed by atoms with E-state index in [0.717, 1.165) is 22.8 Å². The minimum atomic E-state index is -0.203. The maximum atomic E-state index is 13.2. The van der Waals surface area contributed by atoms with E-state index in [4.69, 9.17) is 0 Å². The molecule has 178 valence electrons. The summed E-state index contributed by atoms with van der Waals surface area (Å²) >= 11 is 0. The van der Waals surface area contributed by atoms with E-state index in [1.807, 2.05) is 37.1 Å². The molecule has 0 atom stereocenters. The van der Waals surface area contributed by atoms with Crippen LogP contribution < -0.4 is 0 Å². The molecule has 0 unspecified atom stereocenters. The third kappa shape index (κ3) is 4.89. The van der Waals surface area contributed by atoms with Gasteiger partial charge in [0.05, 0.1) is 33.6 Å². The largest absolute Gasteiger partial charge is 0.340 e. The molecule has 0 radical (unpaired) electrons. The third-order valence-corrected chi connectivity index (χ3v) is 5.75. The summed E-state index contributed by atoms with van der Waals surface area (Å²) in [7, 11) is 3.53. The van der Waals surface area contributed by atoms with Crippen molar-refractivity contribution in [1.82, 2.24) is 29.4 Å². The number of hydrogen-bond donors (Lipinski definition) is 0. The molecule has 0 fully saturated rings. The van der Waals surface area contributed by atoms with Crippen LogP contribution in [0.4, 0.5) is 0 Å². The summed E-state index contributed by atoms with van der Waals surface area (Å²) in [6.45, 7) is 20.8. The zero-order chi connectivity index (χ0) is 24.8. The summed E-state index contributed by atoms with van der Waals surface area (Å²) < 4.78 is 3.80. The van der Waals surface area contributed by atoms with Crippen molar-refractivity contribution >= 4 is 11.8 Å². The molecule has 2 rings (SSSR count). The summed E-state index contributed by atoms with van der Waals surface area (Å²) in [4.78, 5) is 29.6. The van der Waals surface area contributed by atoms with Crippen LogP contribution in [0.1, 0.15) is 85.0 Å². The van der Waals surface area contributed by atoms with Crippen molar-refractivity contribution < 1.29 is 9.59 Å². The second-order valence-corrected chi connectivity index (χ2v) is 10.7. The molecule has 2 heterocycles. The average Bonchev–Trinajstić information content (AvgIpc) is 3.13. The Morgan fingerprint density at radius 2 is 0.969 bits per heavy atom. The molecule has 2 aromatic heterocycles. The van der Waals surface area contributed by atoms with Crippen molar-refractivity contribution in [3.8, 4) is 0 Å². The fraction of sp³-hybridized carbons (Fsp3) is 0.667. The Labute approximate surface area is 192 Å². The van der Waals surface area contributed by atoms with E-state index in [-0.39, 0.29) is 22.9 Å². The quantitative estimate of drug-likeness (QED) is 0.705. The molecule has 0 bridgehead atoms. The van der Waals surface area contributed by atoms with Crippen LogP contribution in [-0.2, 0) is 11.1 Å². The molecule has 2 amide bonds. The molecule has 8 nitrogen and oxygen atoms in total. The number of rotatable bonds is 5. The number of amides is 2. The summed E-state index contributed by atoms with van der Waals surface area (Å²) in [5, 5.41) is 9.17. The van der Waals surface area contributed by atoms with E-state index in [0.29, 0.717) is 24.2 Å². The van der Waals surface area contributed by atoms with Gasteiger partial charge in [0.1, 0.15) is 0 Å². The van der Waals surface area contributed by atoms with Crippen molar-refractivity contribution in [3.63, 3.8) is 0 Å². The number of carbonyl (C=O) groups is 2. The van der Waals surface area contributed by atoms with E-state index in [1.165, 1.54) is 0 Å². The van der Waals surface area contributed by atoms with Crippen LogP contribution in [0, 0.1) is 27.7 Å². The van der Waals surface area contributed by atoms with Crippen molar-refractivity contribution in [2.45, 2.75) is 80.3 Å². The minimum Gasteiger partial charge on any atom is -0.340 e. The fourth-order valence-corrected chi connectivity index (χ4v) is 4.10. The Morgan fingerprint density at radius 1 is 0.688 bits per heavy atom. The molecule has 0 aliphatic heterocycles. The molecule has 0 aliphatic rings. The second-order valence-electron chi connectivity index (χ2n) is 10.7. The SMILES string of the molecule is Cc1nn(C(C)(C)C)c(C)c1C(=O)N(C)CCN(C)C(=O)c1c(C)nn(C(C)(C)C)c1C. The highest BCUT2D eigenvalue weighted by Crippen LogP contribution is 2.24. The van der Waals surface area contributed by atoms with E-state index in [9.17, 15) is 9.59 Å². The number of carbonyl (C=O) groups excluding carboxylic acids is 2. The highest BCUT2D eigenvalue weighted by molar-refractivity contribution is 5.97. The maximum absolute atomic E-state index is 13.2. The molecule has 0 spiro atoms. The van der Waals surface area contributed by atoms with Gasteiger partial charge in [0.25, 0.3) is 11.8 Å². The molecule has 8 heteroatoms. The lowest BCUT2D eigenvalue weighted by Crippen LogP contribution is -2.38. The third-order valence-electron chi connectivity index (χ3n) is 5.75. The lowest BCUT2D eigenvalue weighted by atomic mass is 10.1. The van der Waals surface area contributed by atoms with E-state index in [2.05, 4.69) is 51.7 Å². The van der Waals surface area contributed by atoms with Crippen LogP contribution in [0.25, 0.3) is 0 Å². The lowest BCUT2D eigenvalue weighted by molar-refractivity contribution is 0.0716. The maximum Gasteiger partial charge on any atom is 0.257 e. The van der Waals surface area contributed by atoms with Gasteiger partial charge in [-0.2, -0.15) is 10.2 Å². The van der Waals surface area contributed by atoms with Gasteiger partial charge in [0, 0.05) is 38.6 Å². The zero-order valence-electron chi connectivity index (χ0n) is 21.9. The molecule has 0 aliphatic carbocycles. The molecule has 0 saturated heterocycles. The topological polar surface area (TPSA) is 76.3 Å². The predicted molar refractivity (Wildman–Crippen MR) is 127 cm³/mol. The van der Waals surface area contributed by atoms with Crippen LogP contribution in [0.5, 0.6) is 0 Å². The predicted octanol–water partition coefficient (Wildman–Crippen LogP) is 3.67. The smallest absolute Gasteiger partial charge is 0.257 e. The van der Waals surface area contributed by atoms with Crippen molar-refractivity contribution in [3.05, 3.63) is 33.9 Å². The fourth-order valence-electron chi connectivity index (χ4n) is 4.10. The van der Waals surface area contributed by atoms with Crippen LogP contribution in [0.2, 0.25) is 0 Å². The Bertz CT molecular complexity index is 935. The molecule has 0 N–H and O–H groups in total. The molecule has 2 aromatic rings. The Balaban J connectivity index is 2.15. The van der Waals surface area contributed by atoms with Gasteiger partial charge in [-0.3, -0.25) is 19.0 Å². The molecular weight excluding hydrogens is 404 g/mol. The van der Waals surface area contributed by atoms with Gasteiger partial charge in [0.15, 0.2) is 0 Å². The summed E-state index contributed by atoms with van der Waals surface area (Å²) in [6.07, 6.45) is 0. The Kier molecular flexibility index (Phi) is 6.98. The summed E-state index contributed by atoms with van der Waals surface area (Å²) in [5.41, 5.74) is 4.02. The van der Waals surface area contributed by atoms with Gasteiger partial charge >= 0.3 is 0 Å². The van der Waals surface area contributed by atoms with Gasteiger partial charge < -0.3 is 9.80 Å². The first-order valence-electron chi connectivity index (χ1n) is 11.1. The van der Waals surface area contributed by atoms with E-state index >= 15 is 0 Å². The highest BCUT2D eigenvalue weighted by Gasteiger charge is 2.28. The van der Waals surface area contributed by atoms with Gasteiger partial charge in [0.2, 0.25) is 0 Å². The normalized spacial score (nSPS) is 12.2. The first-order chi connectivity index (χ1) is 14.5. The highest BCUT2D eigenvalue weighted by atomic mass is 16.2. The lowest BCUT2D eigenvalue weighted by Gasteiger charge is -2.24. The first-order valence-corrected chi connectivity index (χ1v) is 11.1. The monoisotopic (exact) mass is 444 g/mol. The van der Waals surface area contributed by atoms with Gasteiger partial charge in [-0.25, -0.2) is 0 Å². The van der Waals surface area contributed by atoms with Crippen molar-refractivity contribution in [1.29, 1.82) is 0 Å². The number of aromatic nitrogens is 4. The summed E-state index contributed by atoms with van der Waals surface area (Å²) in [6, 6.07) is 0. The molecule has 32 heavy (non-hydrogen) atoms. The van der Waals surface area contributed by atoms with Crippen LogP contribution in [-0.4, -0.2) is 68.4 Å². The Hall–Kier alpha value is -2.64. The number of nitrogens with zero attached hydrogens (tertiary/aromatic N) is 6. The van der Waals surface area contributed by atoms with Crippen LogP contribution in [0.15, 0.2) is 0 Å². The average molecular weight is 445 g/mol.